The maximum Gasteiger partial charge on any atom is 0.342 e. The Morgan fingerprint density at radius 1 is 1.14 bits per heavy atom. The van der Waals surface area contributed by atoms with Crippen molar-refractivity contribution in [2.24, 2.45) is 5.10 Å². The second-order valence-electron chi connectivity index (χ2n) is 7.15. The number of amides is 1. The van der Waals surface area contributed by atoms with Crippen molar-refractivity contribution in [1.82, 2.24) is 15.6 Å². The number of ether oxygens (including phenoxy) is 1. The summed E-state index contributed by atoms with van der Waals surface area (Å²) in [5.74, 6) is 0.695. The minimum atomic E-state index is -0.340. The third-order valence-corrected chi connectivity index (χ3v) is 6.29. The van der Waals surface area contributed by atoms with Crippen LogP contribution in [0.1, 0.15) is 5.56 Å². The van der Waals surface area contributed by atoms with Crippen LogP contribution in [0.3, 0.4) is 0 Å². The number of benzene rings is 3. The number of carbonyl (C=O) groups excluding carboxylic acids is 1. The molecular formula is C24H20Cl2N5O3S+. The Bertz CT molecular complexity index is 1360. The number of H-pyrrole nitrogens is 1. The van der Waals surface area contributed by atoms with E-state index in [-0.39, 0.29) is 17.4 Å². The molecule has 0 saturated carbocycles. The molecular weight excluding hydrogens is 509 g/mol. The molecule has 4 rings (SSSR count). The Balaban J connectivity index is 1.50. The molecule has 3 aromatic carbocycles. The van der Waals surface area contributed by atoms with Gasteiger partial charge in [0.25, 0.3) is 11.7 Å². The van der Waals surface area contributed by atoms with Crippen LogP contribution in [0.25, 0.3) is 17.1 Å². The van der Waals surface area contributed by atoms with Crippen LogP contribution in [0, 0.1) is 0 Å². The molecule has 1 amide bonds. The smallest absolute Gasteiger partial charge is 0.342 e. The fourth-order valence-corrected chi connectivity index (χ4v) is 4.18. The van der Waals surface area contributed by atoms with Crippen molar-refractivity contribution in [3.63, 3.8) is 0 Å². The highest BCUT2D eigenvalue weighted by Gasteiger charge is 2.24. The van der Waals surface area contributed by atoms with Crippen LogP contribution in [0.2, 0.25) is 10.0 Å². The zero-order chi connectivity index (χ0) is 24.8. The van der Waals surface area contributed by atoms with Crippen LogP contribution in [0.15, 0.2) is 77.0 Å². The van der Waals surface area contributed by atoms with E-state index in [4.69, 9.17) is 27.9 Å². The molecule has 11 heteroatoms. The molecule has 0 saturated heterocycles. The van der Waals surface area contributed by atoms with E-state index in [2.05, 4.69) is 20.7 Å². The maximum atomic E-state index is 12.4. The summed E-state index contributed by atoms with van der Waals surface area (Å²) in [5.41, 5.74) is 4.56. The summed E-state index contributed by atoms with van der Waals surface area (Å²) in [5, 5.41) is 23.3. The van der Waals surface area contributed by atoms with Gasteiger partial charge in [-0.15, -0.1) is 5.10 Å². The van der Waals surface area contributed by atoms with Crippen molar-refractivity contribution >= 4 is 47.1 Å². The first kappa shape index (κ1) is 24.6. The van der Waals surface area contributed by atoms with Crippen LogP contribution >= 0.6 is 35.0 Å². The van der Waals surface area contributed by atoms with Gasteiger partial charge in [-0.3, -0.25) is 4.79 Å². The number of hydrazone groups is 1. The number of phenolic OH excluding ortho intramolecular Hbond substituents is 1. The fourth-order valence-electron chi connectivity index (χ4n) is 3.17. The molecule has 0 bridgehead atoms. The van der Waals surface area contributed by atoms with Gasteiger partial charge in [0.15, 0.2) is 11.5 Å². The number of halogens is 2. The second kappa shape index (κ2) is 11.3. The summed E-state index contributed by atoms with van der Waals surface area (Å²) in [6.45, 7) is 0. The zero-order valence-corrected chi connectivity index (χ0v) is 20.7. The monoisotopic (exact) mass is 528 g/mol. The first-order valence-electron chi connectivity index (χ1n) is 10.3. The second-order valence-corrected chi connectivity index (χ2v) is 8.97. The minimum absolute atomic E-state index is 0.0555. The quantitative estimate of drug-likeness (QED) is 0.134. The van der Waals surface area contributed by atoms with Crippen LogP contribution in [0.5, 0.6) is 11.5 Å². The van der Waals surface area contributed by atoms with Crippen molar-refractivity contribution < 1.29 is 19.2 Å². The number of phenols is 1. The van der Waals surface area contributed by atoms with Gasteiger partial charge in [-0.05, 0) is 72.4 Å². The number of carbonyl (C=O) groups is 1. The van der Waals surface area contributed by atoms with E-state index >= 15 is 0 Å². The molecule has 0 aliphatic carbocycles. The van der Waals surface area contributed by atoms with Gasteiger partial charge in [0.05, 0.1) is 29.7 Å². The van der Waals surface area contributed by atoms with Crippen molar-refractivity contribution in [2.75, 3.05) is 12.9 Å². The summed E-state index contributed by atoms with van der Waals surface area (Å²) >= 11 is 13.3. The molecule has 0 aliphatic heterocycles. The Morgan fingerprint density at radius 2 is 1.83 bits per heavy atom. The van der Waals surface area contributed by atoms with Crippen molar-refractivity contribution in [2.45, 2.75) is 5.16 Å². The third kappa shape index (κ3) is 5.94. The minimum Gasteiger partial charge on any atom is -0.504 e. The first-order valence-corrected chi connectivity index (χ1v) is 12.0. The molecule has 1 aromatic heterocycles. The lowest BCUT2D eigenvalue weighted by atomic mass is 10.2. The van der Waals surface area contributed by atoms with E-state index in [1.54, 1.807) is 42.5 Å². The fraction of sp³-hybridized carbons (Fsp3) is 0.0833. The molecule has 3 N–H and O–H groups in total. The predicted molar refractivity (Wildman–Crippen MR) is 137 cm³/mol. The highest BCUT2D eigenvalue weighted by Crippen LogP contribution is 2.28. The van der Waals surface area contributed by atoms with Crippen LogP contribution in [-0.4, -0.2) is 40.3 Å². The Kier molecular flexibility index (Phi) is 7.91. The van der Waals surface area contributed by atoms with E-state index in [1.165, 1.54) is 25.1 Å². The van der Waals surface area contributed by atoms with Gasteiger partial charge in [0.2, 0.25) is 0 Å². The zero-order valence-electron chi connectivity index (χ0n) is 18.4. The van der Waals surface area contributed by atoms with Gasteiger partial charge < -0.3 is 9.84 Å². The molecule has 0 unspecified atom stereocenters. The van der Waals surface area contributed by atoms with E-state index in [0.29, 0.717) is 26.5 Å². The topological polar surface area (TPSA) is 103 Å². The predicted octanol–water partition coefficient (Wildman–Crippen LogP) is 4.62. The van der Waals surface area contributed by atoms with E-state index in [9.17, 15) is 9.90 Å². The lowest BCUT2D eigenvalue weighted by Gasteiger charge is -2.05. The van der Waals surface area contributed by atoms with Crippen molar-refractivity contribution in [3.05, 3.63) is 82.3 Å². The summed E-state index contributed by atoms with van der Waals surface area (Å²) < 4.78 is 6.96. The highest BCUT2D eigenvalue weighted by atomic mass is 35.5. The largest absolute Gasteiger partial charge is 0.504 e. The van der Waals surface area contributed by atoms with E-state index in [0.717, 1.165) is 17.1 Å². The molecule has 0 radical (unpaired) electrons. The number of nitrogens with zero attached hydrogens (tertiary/aromatic N) is 3. The molecule has 0 spiro atoms. The summed E-state index contributed by atoms with van der Waals surface area (Å²) in [4.78, 5) is 12.4. The lowest BCUT2D eigenvalue weighted by Crippen LogP contribution is -2.34. The molecule has 0 atom stereocenters. The number of rotatable bonds is 8. The number of aromatic amines is 1. The maximum absolute atomic E-state index is 12.4. The average molecular weight is 529 g/mol. The molecule has 0 fully saturated rings. The van der Waals surface area contributed by atoms with Crippen molar-refractivity contribution in [1.29, 1.82) is 0 Å². The van der Waals surface area contributed by atoms with Crippen molar-refractivity contribution in [3.8, 4) is 28.6 Å². The Morgan fingerprint density at radius 3 is 2.51 bits per heavy atom. The molecule has 1 heterocycles. The molecule has 8 nitrogen and oxygen atoms in total. The molecule has 0 aliphatic rings. The number of nitrogens with one attached hydrogen (secondary N) is 2. The van der Waals surface area contributed by atoms with Gasteiger partial charge in [-0.2, -0.15) is 9.67 Å². The first-order chi connectivity index (χ1) is 17.0. The molecule has 4 aromatic rings. The normalized spacial score (nSPS) is 11.1. The number of aromatic hydroxyl groups is 1. The van der Waals surface area contributed by atoms with Gasteiger partial charge in [-0.1, -0.05) is 29.3 Å². The number of aromatic nitrogens is 3. The van der Waals surface area contributed by atoms with Gasteiger partial charge >= 0.3 is 5.16 Å². The third-order valence-electron chi connectivity index (χ3n) is 4.85. The lowest BCUT2D eigenvalue weighted by molar-refractivity contribution is -0.625. The Hall–Kier alpha value is -3.53. The van der Waals surface area contributed by atoms with Crippen LogP contribution in [0.4, 0.5) is 0 Å². The van der Waals surface area contributed by atoms with Gasteiger partial charge in [0.1, 0.15) is 5.69 Å². The van der Waals surface area contributed by atoms with E-state index < -0.39 is 0 Å². The van der Waals surface area contributed by atoms with Crippen LogP contribution in [-0.2, 0) is 4.79 Å². The Labute approximate surface area is 215 Å². The number of hydrogen-bond acceptors (Lipinski definition) is 6. The van der Waals surface area contributed by atoms with E-state index in [1.807, 2.05) is 28.8 Å². The average Bonchev–Trinajstić information content (AvgIpc) is 3.28. The summed E-state index contributed by atoms with van der Waals surface area (Å²) in [7, 11) is 1.46. The summed E-state index contributed by atoms with van der Waals surface area (Å²) in [6, 6.07) is 19.6. The van der Waals surface area contributed by atoms with Gasteiger partial charge in [0, 0.05) is 15.6 Å². The number of methoxy groups -OCH3 is 1. The summed E-state index contributed by atoms with van der Waals surface area (Å²) in [6.07, 6.45) is 1.35. The SMILES string of the molecule is COc1cccc(/C=N/NC(=O)CSc2n[nH]c(-c3ccc(Cl)cc3)[n+]2-c2ccc(Cl)cc2)c1O. The highest BCUT2D eigenvalue weighted by molar-refractivity contribution is 7.99. The molecule has 35 heavy (non-hydrogen) atoms. The standard InChI is InChI=1S/C24H19Cl2N5O3S/c1-34-20-4-2-3-16(22(20)33)13-27-28-21(32)14-35-24-30-29-23(15-5-7-17(25)8-6-15)31(24)19-11-9-18(26)10-12-19/h2-13H,14H2,1H3,(H2,27,28,32,33)/p+1. The van der Waals surface area contributed by atoms with Gasteiger partial charge in [-0.25, -0.2) is 5.43 Å². The number of hydrogen-bond donors (Lipinski definition) is 3. The number of thioether (sulfide) groups is 1. The van der Waals surface area contributed by atoms with Crippen LogP contribution < -0.4 is 14.7 Å². The molecule has 178 valence electrons. The number of para-hydroxylation sites is 1.